The van der Waals surface area contributed by atoms with Crippen molar-refractivity contribution < 1.29 is 32.2 Å². The average Bonchev–Trinajstić information content (AvgIpc) is 3.02. The number of halogens is 1. The molecule has 1 fully saturated rings. The van der Waals surface area contributed by atoms with Gasteiger partial charge in [0.05, 0.1) is 11.0 Å². The molecule has 1 aliphatic heterocycles. The van der Waals surface area contributed by atoms with Gasteiger partial charge in [-0.05, 0) is 52.0 Å². The van der Waals surface area contributed by atoms with E-state index >= 15 is 0 Å². The summed E-state index contributed by atoms with van der Waals surface area (Å²) < 4.78 is 44.7. The maximum Gasteiger partial charge on any atom is 0.325 e. The van der Waals surface area contributed by atoms with E-state index in [0.717, 1.165) is 28.6 Å². The Morgan fingerprint density at radius 2 is 1.76 bits per heavy atom. The molecule has 0 aromatic heterocycles. The lowest BCUT2D eigenvalue weighted by Gasteiger charge is -2.30. The second-order valence-electron chi connectivity index (χ2n) is 7.53. The van der Waals surface area contributed by atoms with Gasteiger partial charge in [-0.15, -0.1) is 0 Å². The molecule has 162 valence electrons. The minimum absolute atomic E-state index is 0.0927. The lowest BCUT2D eigenvalue weighted by Crippen LogP contribution is -2.46. The average molecular weight is 430 g/mol. The molecule has 1 aliphatic rings. The Bertz CT molecular complexity index is 833. The summed E-state index contributed by atoms with van der Waals surface area (Å²) >= 11 is 0. The molecule has 29 heavy (non-hydrogen) atoms. The summed E-state index contributed by atoms with van der Waals surface area (Å²) in [5.74, 6) is -1.90. The van der Waals surface area contributed by atoms with Crippen LogP contribution in [-0.2, 0) is 24.3 Å². The molecule has 0 saturated carbocycles. The Kier molecular flexibility index (Phi) is 7.36. The number of carbonyl (C=O) groups excluding carboxylic acids is 2. The molecule has 0 spiro atoms. The first-order valence-electron chi connectivity index (χ1n) is 9.38. The third kappa shape index (κ3) is 5.31. The van der Waals surface area contributed by atoms with Gasteiger partial charge < -0.3 is 14.7 Å². The first kappa shape index (κ1) is 23.2. The van der Waals surface area contributed by atoms with E-state index in [9.17, 15) is 27.5 Å². The number of hydrogen-bond acceptors (Lipinski definition) is 6. The highest BCUT2D eigenvalue weighted by Crippen LogP contribution is 2.27. The number of ether oxygens (including phenoxy) is 1. The van der Waals surface area contributed by atoms with Gasteiger partial charge in [0.2, 0.25) is 10.0 Å². The summed E-state index contributed by atoms with van der Waals surface area (Å²) in [6.07, 6.45) is -1.20. The number of β-amino-alcohol motifs (C(OH)–C–C–N with tert-alkyl or cyclic N) is 1. The van der Waals surface area contributed by atoms with E-state index in [1.807, 2.05) is 27.7 Å². The maximum absolute atomic E-state index is 13.1. The fourth-order valence-corrected chi connectivity index (χ4v) is 5.11. The smallest absolute Gasteiger partial charge is 0.325 e. The van der Waals surface area contributed by atoms with Crippen molar-refractivity contribution in [3.63, 3.8) is 0 Å². The fraction of sp³-hybridized carbons (Fsp3) is 0.579. The molecule has 2 unspecified atom stereocenters. The molecule has 1 aromatic carbocycles. The van der Waals surface area contributed by atoms with Crippen LogP contribution in [0.25, 0.3) is 0 Å². The van der Waals surface area contributed by atoms with Crippen LogP contribution in [0.3, 0.4) is 0 Å². The van der Waals surface area contributed by atoms with Crippen molar-refractivity contribution in [2.75, 3.05) is 13.2 Å². The van der Waals surface area contributed by atoms with Crippen molar-refractivity contribution in [2.24, 2.45) is 0 Å². The van der Waals surface area contributed by atoms with E-state index in [0.29, 0.717) is 0 Å². The molecule has 0 radical (unpaired) electrons. The Hall–Kier alpha value is -2.04. The molecule has 1 heterocycles. The number of esters is 1. The van der Waals surface area contributed by atoms with Gasteiger partial charge in [0, 0.05) is 25.0 Å². The van der Waals surface area contributed by atoms with Gasteiger partial charge in [-0.3, -0.25) is 9.59 Å². The lowest BCUT2D eigenvalue weighted by atomic mass is 10.2. The monoisotopic (exact) mass is 430 g/mol. The summed E-state index contributed by atoms with van der Waals surface area (Å²) in [5.41, 5.74) is 0. The summed E-state index contributed by atoms with van der Waals surface area (Å²) in [4.78, 5) is 26.3. The van der Waals surface area contributed by atoms with Crippen LogP contribution in [0.1, 0.15) is 34.1 Å². The molecule has 10 heteroatoms. The van der Waals surface area contributed by atoms with Gasteiger partial charge in [-0.25, -0.2) is 12.8 Å². The largest absolute Gasteiger partial charge is 0.454 e. The number of nitrogens with zero attached hydrogens (tertiary/aromatic N) is 2. The van der Waals surface area contributed by atoms with Gasteiger partial charge in [0.15, 0.2) is 6.61 Å². The number of aliphatic hydroxyl groups excluding tert-OH is 1. The zero-order valence-corrected chi connectivity index (χ0v) is 17.7. The van der Waals surface area contributed by atoms with Gasteiger partial charge in [-0.2, -0.15) is 4.31 Å². The zero-order valence-electron chi connectivity index (χ0n) is 16.9. The van der Waals surface area contributed by atoms with Crippen LogP contribution in [0, 0.1) is 5.82 Å². The normalized spacial score (nSPS) is 20.3. The molecule has 2 atom stereocenters. The zero-order chi connectivity index (χ0) is 21.9. The maximum atomic E-state index is 13.1. The minimum atomic E-state index is -4.15. The van der Waals surface area contributed by atoms with Crippen LogP contribution in [0.4, 0.5) is 4.39 Å². The topological polar surface area (TPSA) is 104 Å². The highest BCUT2D eigenvalue weighted by atomic mass is 32.2. The molecule has 1 saturated heterocycles. The van der Waals surface area contributed by atoms with E-state index in [1.54, 1.807) is 4.90 Å². The van der Waals surface area contributed by atoms with Crippen LogP contribution >= 0.6 is 0 Å². The number of carbonyl (C=O) groups is 2. The Morgan fingerprint density at radius 1 is 1.21 bits per heavy atom. The summed E-state index contributed by atoms with van der Waals surface area (Å²) in [6.45, 7) is 6.53. The first-order valence-corrected chi connectivity index (χ1v) is 10.8. The van der Waals surface area contributed by atoms with Crippen molar-refractivity contribution in [3.05, 3.63) is 30.1 Å². The van der Waals surface area contributed by atoms with Gasteiger partial charge in [-0.1, -0.05) is 0 Å². The van der Waals surface area contributed by atoms with Gasteiger partial charge in [0.1, 0.15) is 11.9 Å². The van der Waals surface area contributed by atoms with E-state index in [1.165, 1.54) is 0 Å². The third-order valence-electron chi connectivity index (χ3n) is 4.66. The predicted octanol–water partition coefficient (Wildman–Crippen LogP) is 1.14. The molecule has 8 nitrogen and oxygen atoms in total. The predicted molar refractivity (Wildman–Crippen MR) is 103 cm³/mol. The number of hydrogen-bond donors (Lipinski definition) is 1. The van der Waals surface area contributed by atoms with Crippen molar-refractivity contribution in [1.29, 1.82) is 0 Å². The molecule has 0 bridgehead atoms. The number of amides is 1. The van der Waals surface area contributed by atoms with Crippen molar-refractivity contribution >= 4 is 21.9 Å². The number of benzene rings is 1. The molecular formula is C19H27FN2O6S. The third-order valence-corrected chi connectivity index (χ3v) is 6.55. The van der Waals surface area contributed by atoms with Gasteiger partial charge in [0.25, 0.3) is 5.91 Å². The molecule has 2 rings (SSSR count). The van der Waals surface area contributed by atoms with E-state index in [4.69, 9.17) is 4.74 Å². The molecule has 1 aromatic rings. The lowest BCUT2D eigenvalue weighted by molar-refractivity contribution is -0.156. The second-order valence-corrected chi connectivity index (χ2v) is 9.42. The second kappa shape index (κ2) is 9.19. The van der Waals surface area contributed by atoms with Crippen LogP contribution in [0.5, 0.6) is 0 Å². The van der Waals surface area contributed by atoms with Crippen LogP contribution in [0.2, 0.25) is 0 Å². The SMILES string of the molecule is CC(C)N(C(=O)COC(=O)C1CC(O)CN1S(=O)(=O)c1ccc(F)cc1)C(C)C. The Labute approximate surface area is 170 Å². The van der Waals surface area contributed by atoms with Crippen LogP contribution < -0.4 is 0 Å². The first-order chi connectivity index (χ1) is 13.4. The van der Waals surface area contributed by atoms with Gasteiger partial charge >= 0.3 is 5.97 Å². The summed E-state index contributed by atoms with van der Waals surface area (Å²) in [6, 6.07) is 2.72. The summed E-state index contributed by atoms with van der Waals surface area (Å²) in [5, 5.41) is 9.94. The van der Waals surface area contributed by atoms with Crippen LogP contribution in [-0.4, -0.2) is 72.0 Å². The molecule has 1 N–H and O–H groups in total. The number of rotatable bonds is 7. The molecule has 0 aliphatic carbocycles. The number of aliphatic hydroxyl groups is 1. The van der Waals surface area contributed by atoms with E-state index in [2.05, 4.69) is 0 Å². The molecule has 1 amide bonds. The van der Waals surface area contributed by atoms with Crippen LogP contribution in [0.15, 0.2) is 29.2 Å². The van der Waals surface area contributed by atoms with Crippen molar-refractivity contribution in [3.8, 4) is 0 Å². The standard InChI is InChI=1S/C19H27FN2O6S/c1-12(2)22(13(3)4)18(24)11-28-19(25)17-9-15(23)10-21(17)29(26,27)16-7-5-14(20)6-8-16/h5-8,12-13,15,17,23H,9-11H2,1-4H3. The highest BCUT2D eigenvalue weighted by Gasteiger charge is 2.44. The quantitative estimate of drug-likeness (QED) is 0.651. The van der Waals surface area contributed by atoms with Crippen molar-refractivity contribution in [2.45, 2.75) is 63.2 Å². The van der Waals surface area contributed by atoms with E-state index < -0.39 is 46.5 Å². The van der Waals surface area contributed by atoms with Crippen molar-refractivity contribution in [1.82, 2.24) is 9.21 Å². The fourth-order valence-electron chi connectivity index (χ4n) is 3.48. The summed E-state index contributed by atoms with van der Waals surface area (Å²) in [7, 11) is -4.15. The number of sulfonamides is 1. The molecular weight excluding hydrogens is 403 g/mol. The Balaban J connectivity index is 2.14. The Morgan fingerprint density at radius 3 is 2.28 bits per heavy atom. The van der Waals surface area contributed by atoms with E-state index in [-0.39, 0.29) is 29.9 Å². The minimum Gasteiger partial charge on any atom is -0.454 e. The highest BCUT2D eigenvalue weighted by molar-refractivity contribution is 7.89.